The Balaban J connectivity index is 2.29. The zero-order valence-electron chi connectivity index (χ0n) is 11.5. The first kappa shape index (κ1) is 16.2. The third-order valence-electron chi connectivity index (χ3n) is 3.29. The van der Waals surface area contributed by atoms with Crippen LogP contribution < -0.4 is 0 Å². The normalized spacial score (nSPS) is 32.9. The number of aliphatic hydroxyl groups excluding tert-OH is 3. The van der Waals surface area contributed by atoms with Gasteiger partial charge in [-0.15, -0.1) is 16.9 Å². The lowest BCUT2D eigenvalue weighted by molar-refractivity contribution is -0.178. The standard InChI is InChI=1S/C11H17N3O6S/c1-19-10(18)5-3-14(13-12-5)7-8(16)6(4-15)20-11(21-2)9(7)17/h3,6-9,11,15-17H,4H2,1-2H3/t6?,7-,8-,9?,11-/m0/s1. The van der Waals surface area contributed by atoms with Gasteiger partial charge < -0.3 is 24.8 Å². The van der Waals surface area contributed by atoms with Crippen LogP contribution in [0.2, 0.25) is 0 Å². The van der Waals surface area contributed by atoms with Gasteiger partial charge in [0, 0.05) is 0 Å². The van der Waals surface area contributed by atoms with Crippen LogP contribution in [0.4, 0.5) is 0 Å². The minimum atomic E-state index is -1.19. The Kier molecular flexibility index (Phi) is 5.17. The Bertz CT molecular complexity index is 482. The maximum absolute atomic E-state index is 11.4. The smallest absolute Gasteiger partial charge is 0.360 e. The molecule has 2 unspecified atom stereocenters. The zero-order chi connectivity index (χ0) is 15.6. The summed E-state index contributed by atoms with van der Waals surface area (Å²) < 4.78 is 11.1. The number of rotatable bonds is 4. The van der Waals surface area contributed by atoms with Gasteiger partial charge in [0.2, 0.25) is 0 Å². The first-order valence-corrected chi connectivity index (χ1v) is 7.47. The largest absolute Gasteiger partial charge is 0.464 e. The topological polar surface area (TPSA) is 127 Å². The molecule has 0 spiro atoms. The number of carbonyl (C=O) groups excluding carboxylic acids is 1. The quantitative estimate of drug-likeness (QED) is 0.563. The summed E-state index contributed by atoms with van der Waals surface area (Å²) in [4.78, 5) is 11.4. The van der Waals surface area contributed by atoms with Crippen LogP contribution in [0.3, 0.4) is 0 Å². The molecule has 0 aromatic carbocycles. The zero-order valence-corrected chi connectivity index (χ0v) is 12.3. The molecule has 2 heterocycles. The molecule has 1 aliphatic rings. The molecule has 0 aliphatic carbocycles. The van der Waals surface area contributed by atoms with Gasteiger partial charge in [-0.1, -0.05) is 5.21 Å². The Morgan fingerprint density at radius 2 is 2.24 bits per heavy atom. The van der Waals surface area contributed by atoms with Crippen molar-refractivity contribution in [3.8, 4) is 0 Å². The van der Waals surface area contributed by atoms with E-state index in [9.17, 15) is 20.1 Å². The van der Waals surface area contributed by atoms with E-state index in [2.05, 4.69) is 15.0 Å². The molecule has 1 aromatic rings. The SMILES string of the molecule is COC(=O)c1cn([C@@H]2C(O)[C@H](SC)OC(CO)[C@@H]2O)nn1. The van der Waals surface area contributed by atoms with E-state index < -0.39 is 42.4 Å². The summed E-state index contributed by atoms with van der Waals surface area (Å²) in [7, 11) is 1.21. The van der Waals surface area contributed by atoms with Crippen LogP contribution >= 0.6 is 11.8 Å². The van der Waals surface area contributed by atoms with E-state index in [1.165, 1.54) is 29.8 Å². The van der Waals surface area contributed by atoms with Gasteiger partial charge in [0.1, 0.15) is 29.8 Å². The number of aliphatic hydroxyl groups is 3. The molecule has 9 nitrogen and oxygen atoms in total. The van der Waals surface area contributed by atoms with E-state index in [0.717, 1.165) is 0 Å². The number of hydrogen-bond acceptors (Lipinski definition) is 9. The molecule has 1 aliphatic heterocycles. The maximum atomic E-state index is 11.4. The van der Waals surface area contributed by atoms with Gasteiger partial charge >= 0.3 is 5.97 Å². The lowest BCUT2D eigenvalue weighted by Crippen LogP contribution is -2.54. The fraction of sp³-hybridized carbons (Fsp3) is 0.727. The average molecular weight is 319 g/mol. The molecule has 2 rings (SSSR count). The average Bonchev–Trinajstić information content (AvgIpc) is 2.96. The molecular weight excluding hydrogens is 302 g/mol. The van der Waals surface area contributed by atoms with Crippen molar-refractivity contribution in [1.29, 1.82) is 0 Å². The summed E-state index contributed by atoms with van der Waals surface area (Å²) >= 11 is 1.24. The molecule has 0 radical (unpaired) electrons. The molecule has 1 fully saturated rings. The third-order valence-corrected chi connectivity index (χ3v) is 4.15. The second-order valence-corrected chi connectivity index (χ2v) is 5.44. The van der Waals surface area contributed by atoms with Crippen LogP contribution in [0.1, 0.15) is 16.5 Å². The van der Waals surface area contributed by atoms with Crippen molar-refractivity contribution in [1.82, 2.24) is 15.0 Å². The number of thioether (sulfide) groups is 1. The van der Waals surface area contributed by atoms with Gasteiger partial charge in [0.15, 0.2) is 5.69 Å². The second kappa shape index (κ2) is 6.71. The summed E-state index contributed by atoms with van der Waals surface area (Å²) in [6.45, 7) is -0.403. The van der Waals surface area contributed by atoms with Crippen molar-refractivity contribution in [2.24, 2.45) is 0 Å². The van der Waals surface area contributed by atoms with Gasteiger partial charge in [-0.3, -0.25) is 0 Å². The number of nitrogens with zero attached hydrogens (tertiary/aromatic N) is 3. The van der Waals surface area contributed by atoms with E-state index in [0.29, 0.717) is 0 Å². The van der Waals surface area contributed by atoms with Gasteiger partial charge in [-0.25, -0.2) is 9.48 Å². The second-order valence-electron chi connectivity index (χ2n) is 4.51. The van der Waals surface area contributed by atoms with Crippen LogP contribution in [0, 0.1) is 0 Å². The van der Waals surface area contributed by atoms with Gasteiger partial charge in [0.05, 0.1) is 19.9 Å². The monoisotopic (exact) mass is 319 g/mol. The van der Waals surface area contributed by atoms with E-state index >= 15 is 0 Å². The third kappa shape index (κ3) is 3.04. The Hall–Kier alpha value is -1.20. The number of esters is 1. The molecule has 10 heteroatoms. The lowest BCUT2D eigenvalue weighted by atomic mass is 9.97. The highest BCUT2D eigenvalue weighted by Crippen LogP contribution is 2.33. The van der Waals surface area contributed by atoms with E-state index in [1.54, 1.807) is 6.26 Å². The molecule has 0 amide bonds. The number of hydrogen-bond donors (Lipinski definition) is 3. The van der Waals surface area contributed by atoms with E-state index in [4.69, 9.17) is 4.74 Å². The van der Waals surface area contributed by atoms with Crippen LogP contribution in [0.25, 0.3) is 0 Å². The molecule has 0 saturated carbocycles. The Morgan fingerprint density at radius 3 is 2.81 bits per heavy atom. The number of carbonyl (C=O) groups is 1. The summed E-state index contributed by atoms with van der Waals surface area (Å²) in [5, 5.41) is 37.1. The lowest BCUT2D eigenvalue weighted by Gasteiger charge is -2.41. The molecule has 3 N–H and O–H groups in total. The minimum absolute atomic E-state index is 0.0374. The van der Waals surface area contributed by atoms with Crippen molar-refractivity contribution in [3.63, 3.8) is 0 Å². The molecular formula is C11H17N3O6S. The first-order valence-electron chi connectivity index (χ1n) is 6.18. The molecule has 1 saturated heterocycles. The molecule has 5 atom stereocenters. The van der Waals surface area contributed by atoms with Crippen molar-refractivity contribution in [2.75, 3.05) is 20.0 Å². The van der Waals surface area contributed by atoms with Gasteiger partial charge in [0.25, 0.3) is 0 Å². The van der Waals surface area contributed by atoms with Crippen LogP contribution in [0.5, 0.6) is 0 Å². The predicted octanol–water partition coefficient (Wildman–Crippen LogP) is -1.59. The van der Waals surface area contributed by atoms with Crippen molar-refractivity contribution in [2.45, 2.75) is 29.8 Å². The predicted molar refractivity (Wildman–Crippen MR) is 71.7 cm³/mol. The maximum Gasteiger partial charge on any atom is 0.360 e. The fourth-order valence-electron chi connectivity index (χ4n) is 2.20. The molecule has 118 valence electrons. The van der Waals surface area contributed by atoms with E-state index in [1.807, 2.05) is 0 Å². The minimum Gasteiger partial charge on any atom is -0.464 e. The highest BCUT2D eigenvalue weighted by atomic mass is 32.2. The summed E-state index contributed by atoms with van der Waals surface area (Å²) in [5.74, 6) is -0.669. The van der Waals surface area contributed by atoms with Crippen LogP contribution in [-0.2, 0) is 9.47 Å². The van der Waals surface area contributed by atoms with Crippen LogP contribution in [-0.4, -0.2) is 80.0 Å². The molecule has 1 aromatic heterocycles. The summed E-state index contributed by atoms with van der Waals surface area (Å²) in [6.07, 6.45) is -0.120. The number of methoxy groups -OCH3 is 1. The number of aromatic nitrogens is 3. The van der Waals surface area contributed by atoms with Crippen molar-refractivity contribution in [3.05, 3.63) is 11.9 Å². The number of ether oxygens (including phenoxy) is 2. The Morgan fingerprint density at radius 1 is 1.52 bits per heavy atom. The van der Waals surface area contributed by atoms with Crippen molar-refractivity contribution < 1.29 is 29.6 Å². The first-order chi connectivity index (χ1) is 10.0. The molecule has 0 bridgehead atoms. The van der Waals surface area contributed by atoms with Crippen molar-refractivity contribution >= 4 is 17.7 Å². The summed E-state index contributed by atoms with van der Waals surface area (Å²) in [6, 6.07) is -0.890. The van der Waals surface area contributed by atoms with Crippen LogP contribution in [0.15, 0.2) is 6.20 Å². The summed E-state index contributed by atoms with van der Waals surface area (Å²) in [5.41, 5.74) is -0.675. The van der Waals surface area contributed by atoms with Gasteiger partial charge in [-0.05, 0) is 6.26 Å². The molecule has 21 heavy (non-hydrogen) atoms. The highest BCUT2D eigenvalue weighted by molar-refractivity contribution is 7.99. The van der Waals surface area contributed by atoms with Gasteiger partial charge in [-0.2, -0.15) is 0 Å². The highest BCUT2D eigenvalue weighted by Gasteiger charge is 2.45. The Labute approximate surface area is 124 Å². The fourth-order valence-corrected chi connectivity index (χ4v) is 2.89. The van der Waals surface area contributed by atoms with E-state index in [-0.39, 0.29) is 5.69 Å².